The van der Waals surface area contributed by atoms with Crippen molar-refractivity contribution in [3.63, 3.8) is 0 Å². The van der Waals surface area contributed by atoms with Gasteiger partial charge in [-0.2, -0.15) is 0 Å². The number of imidazole rings is 1. The molecule has 0 spiro atoms. The minimum atomic E-state index is -0.406. The van der Waals surface area contributed by atoms with Crippen LogP contribution in [0.15, 0.2) is 12.1 Å². The van der Waals surface area contributed by atoms with E-state index in [1.54, 1.807) is 13.2 Å². The summed E-state index contributed by atoms with van der Waals surface area (Å²) in [6.07, 6.45) is 0. The highest BCUT2D eigenvalue weighted by Gasteiger charge is 2.20. The summed E-state index contributed by atoms with van der Waals surface area (Å²) >= 11 is 5.37. The second kappa shape index (κ2) is 5.93. The SMILES string of the molecule is COCC(C(C)C)n1c(=S)[nH]c2cc(F)c(OC)cc21. The molecule has 0 bridgehead atoms. The highest BCUT2D eigenvalue weighted by atomic mass is 32.1. The van der Waals surface area contributed by atoms with E-state index in [1.807, 2.05) is 4.57 Å². The monoisotopic (exact) mass is 298 g/mol. The van der Waals surface area contributed by atoms with Gasteiger partial charge < -0.3 is 19.0 Å². The van der Waals surface area contributed by atoms with E-state index in [0.717, 1.165) is 5.52 Å². The first kappa shape index (κ1) is 15.0. The number of H-pyrrole nitrogens is 1. The Morgan fingerprint density at radius 2 is 2.05 bits per heavy atom. The zero-order chi connectivity index (χ0) is 14.9. The van der Waals surface area contributed by atoms with E-state index in [4.69, 9.17) is 21.7 Å². The minimum Gasteiger partial charge on any atom is -0.494 e. The Morgan fingerprint density at radius 1 is 1.35 bits per heavy atom. The molecular formula is C14H19FN2O2S. The van der Waals surface area contributed by atoms with E-state index in [2.05, 4.69) is 18.8 Å². The second-order valence-electron chi connectivity index (χ2n) is 5.07. The number of methoxy groups -OCH3 is 2. The standard InChI is InChI=1S/C14H19FN2O2S/c1-8(2)12(7-18-3)17-11-6-13(19-4)9(15)5-10(11)16-14(17)20/h5-6,8,12H,7H2,1-4H3,(H,16,20). The van der Waals surface area contributed by atoms with E-state index < -0.39 is 5.82 Å². The first-order chi connectivity index (χ1) is 9.49. The summed E-state index contributed by atoms with van der Waals surface area (Å²) in [5.41, 5.74) is 1.49. The molecule has 0 radical (unpaired) electrons. The van der Waals surface area contributed by atoms with Crippen molar-refractivity contribution in [3.8, 4) is 5.75 Å². The van der Waals surface area contributed by atoms with Gasteiger partial charge in [0.1, 0.15) is 0 Å². The molecule has 2 rings (SSSR count). The topological polar surface area (TPSA) is 39.2 Å². The number of hydrogen-bond acceptors (Lipinski definition) is 3. The van der Waals surface area contributed by atoms with Crippen LogP contribution in [-0.2, 0) is 4.74 Å². The van der Waals surface area contributed by atoms with Gasteiger partial charge in [0.15, 0.2) is 16.3 Å². The third kappa shape index (κ3) is 2.58. The van der Waals surface area contributed by atoms with Crippen LogP contribution in [0.4, 0.5) is 4.39 Å². The summed E-state index contributed by atoms with van der Waals surface area (Å²) in [5.74, 6) is 0.133. The average molecular weight is 298 g/mol. The Labute approximate surface area is 122 Å². The van der Waals surface area contributed by atoms with Crippen LogP contribution in [0, 0.1) is 16.5 Å². The molecule has 0 saturated heterocycles. The molecule has 1 heterocycles. The third-order valence-electron chi connectivity index (χ3n) is 3.43. The number of aromatic amines is 1. The Bertz CT molecular complexity index is 663. The van der Waals surface area contributed by atoms with Crippen LogP contribution in [0.1, 0.15) is 19.9 Å². The van der Waals surface area contributed by atoms with E-state index >= 15 is 0 Å². The Balaban J connectivity index is 2.68. The summed E-state index contributed by atoms with van der Waals surface area (Å²) in [6, 6.07) is 3.16. The van der Waals surface area contributed by atoms with Gasteiger partial charge in [-0.3, -0.25) is 0 Å². The lowest BCUT2D eigenvalue weighted by atomic mass is 10.0. The van der Waals surface area contributed by atoms with Crippen molar-refractivity contribution in [2.75, 3.05) is 20.8 Å². The quantitative estimate of drug-likeness (QED) is 0.856. The summed E-state index contributed by atoms with van der Waals surface area (Å²) < 4.78 is 26.6. The minimum absolute atomic E-state index is 0.0800. The van der Waals surface area contributed by atoms with Crippen LogP contribution in [0.2, 0.25) is 0 Å². The summed E-state index contributed by atoms with van der Waals surface area (Å²) in [6.45, 7) is 4.74. The third-order valence-corrected chi connectivity index (χ3v) is 3.73. The summed E-state index contributed by atoms with van der Waals surface area (Å²) in [4.78, 5) is 3.04. The second-order valence-corrected chi connectivity index (χ2v) is 5.46. The molecular weight excluding hydrogens is 279 g/mol. The molecule has 4 nitrogen and oxygen atoms in total. The van der Waals surface area contributed by atoms with Crippen LogP contribution in [0.25, 0.3) is 11.0 Å². The molecule has 0 amide bonds. The predicted molar refractivity (Wildman–Crippen MR) is 79.4 cm³/mol. The molecule has 1 atom stereocenters. The van der Waals surface area contributed by atoms with Crippen LogP contribution < -0.4 is 4.74 Å². The van der Waals surface area contributed by atoms with Gasteiger partial charge in [-0.15, -0.1) is 0 Å². The molecule has 0 aliphatic carbocycles. The molecule has 1 unspecified atom stereocenters. The lowest BCUT2D eigenvalue weighted by Crippen LogP contribution is -2.20. The lowest BCUT2D eigenvalue weighted by Gasteiger charge is -2.22. The van der Waals surface area contributed by atoms with Gasteiger partial charge in [-0.1, -0.05) is 13.8 Å². The molecule has 0 fully saturated rings. The number of ether oxygens (including phenoxy) is 2. The smallest absolute Gasteiger partial charge is 0.178 e. The van der Waals surface area contributed by atoms with Crippen molar-refractivity contribution in [2.24, 2.45) is 5.92 Å². The Morgan fingerprint density at radius 3 is 2.60 bits per heavy atom. The van der Waals surface area contributed by atoms with Crippen LogP contribution in [0.3, 0.4) is 0 Å². The number of fused-ring (bicyclic) bond motifs is 1. The normalized spacial score (nSPS) is 13.1. The average Bonchev–Trinajstić information content (AvgIpc) is 2.69. The van der Waals surface area contributed by atoms with Crippen molar-refractivity contribution >= 4 is 23.3 Å². The zero-order valence-corrected chi connectivity index (χ0v) is 12.9. The molecule has 1 aromatic carbocycles. The molecule has 2 aromatic rings. The molecule has 110 valence electrons. The summed E-state index contributed by atoms with van der Waals surface area (Å²) in [5, 5.41) is 0. The Kier molecular flexibility index (Phi) is 4.45. The van der Waals surface area contributed by atoms with E-state index in [-0.39, 0.29) is 11.8 Å². The van der Waals surface area contributed by atoms with Gasteiger partial charge in [-0.05, 0) is 18.1 Å². The number of nitrogens with zero attached hydrogens (tertiary/aromatic N) is 1. The first-order valence-corrected chi connectivity index (χ1v) is 6.87. The fourth-order valence-electron chi connectivity index (χ4n) is 2.35. The molecule has 0 aliphatic rings. The maximum absolute atomic E-state index is 13.8. The predicted octanol–water partition coefficient (Wildman–Crippen LogP) is 3.69. The van der Waals surface area contributed by atoms with Gasteiger partial charge in [0.2, 0.25) is 0 Å². The number of hydrogen-bond donors (Lipinski definition) is 1. The lowest BCUT2D eigenvalue weighted by molar-refractivity contribution is 0.134. The zero-order valence-electron chi connectivity index (χ0n) is 12.1. The van der Waals surface area contributed by atoms with Crippen molar-refractivity contribution < 1.29 is 13.9 Å². The number of aromatic nitrogens is 2. The fraction of sp³-hybridized carbons (Fsp3) is 0.500. The van der Waals surface area contributed by atoms with Crippen molar-refractivity contribution in [1.29, 1.82) is 0 Å². The molecule has 20 heavy (non-hydrogen) atoms. The van der Waals surface area contributed by atoms with E-state index in [0.29, 0.717) is 22.8 Å². The van der Waals surface area contributed by atoms with Crippen molar-refractivity contribution in [1.82, 2.24) is 9.55 Å². The van der Waals surface area contributed by atoms with Gasteiger partial charge in [0.05, 0.1) is 30.8 Å². The highest BCUT2D eigenvalue weighted by Crippen LogP contribution is 2.29. The van der Waals surface area contributed by atoms with Gasteiger partial charge >= 0.3 is 0 Å². The molecule has 1 N–H and O–H groups in total. The van der Waals surface area contributed by atoms with E-state index in [9.17, 15) is 4.39 Å². The van der Waals surface area contributed by atoms with Crippen molar-refractivity contribution in [2.45, 2.75) is 19.9 Å². The number of benzene rings is 1. The van der Waals surface area contributed by atoms with Crippen LogP contribution >= 0.6 is 12.2 Å². The van der Waals surface area contributed by atoms with Crippen LogP contribution in [-0.4, -0.2) is 30.4 Å². The first-order valence-electron chi connectivity index (χ1n) is 6.46. The molecule has 6 heteroatoms. The van der Waals surface area contributed by atoms with Gasteiger partial charge in [-0.25, -0.2) is 4.39 Å². The van der Waals surface area contributed by atoms with E-state index in [1.165, 1.54) is 13.2 Å². The fourth-order valence-corrected chi connectivity index (χ4v) is 2.69. The molecule has 0 aliphatic heterocycles. The maximum Gasteiger partial charge on any atom is 0.178 e. The number of rotatable bonds is 5. The highest BCUT2D eigenvalue weighted by molar-refractivity contribution is 7.71. The molecule has 0 saturated carbocycles. The largest absolute Gasteiger partial charge is 0.494 e. The maximum atomic E-state index is 13.8. The Hall–Kier alpha value is -1.40. The van der Waals surface area contributed by atoms with Gasteiger partial charge in [0.25, 0.3) is 0 Å². The van der Waals surface area contributed by atoms with Crippen LogP contribution in [0.5, 0.6) is 5.75 Å². The number of halogens is 1. The van der Waals surface area contributed by atoms with Gasteiger partial charge in [0, 0.05) is 19.2 Å². The summed E-state index contributed by atoms with van der Waals surface area (Å²) in [7, 11) is 3.11. The number of nitrogens with one attached hydrogen (secondary N) is 1. The van der Waals surface area contributed by atoms with Crippen molar-refractivity contribution in [3.05, 3.63) is 22.7 Å². The molecule has 1 aromatic heterocycles.